The van der Waals surface area contributed by atoms with Gasteiger partial charge in [0, 0.05) is 49.6 Å². The van der Waals surface area contributed by atoms with Crippen LogP contribution in [0.3, 0.4) is 0 Å². The predicted molar refractivity (Wildman–Crippen MR) is 122 cm³/mol. The number of sulfonamides is 1. The van der Waals surface area contributed by atoms with Gasteiger partial charge in [-0.2, -0.15) is 0 Å². The molecule has 176 valence electrons. The van der Waals surface area contributed by atoms with Crippen molar-refractivity contribution in [2.24, 2.45) is 0 Å². The van der Waals surface area contributed by atoms with Gasteiger partial charge in [-0.1, -0.05) is 18.2 Å². The third kappa shape index (κ3) is 4.44. The molecule has 0 atom stereocenters. The quantitative estimate of drug-likeness (QED) is 0.479. The minimum Gasteiger partial charge on any atom is -0.381 e. The maximum atomic E-state index is 14.7. The molecule has 0 aliphatic carbocycles. The number of rotatable bonds is 5. The molecule has 0 spiro atoms. The van der Waals surface area contributed by atoms with Crippen LogP contribution in [0, 0.1) is 5.82 Å². The number of nitrogens with one attached hydrogen (secondary N) is 1. The number of ether oxygens (including phenoxy) is 1. The fourth-order valence-corrected chi connectivity index (χ4v) is 7.40. The van der Waals surface area contributed by atoms with Crippen LogP contribution in [0.15, 0.2) is 35.7 Å². The summed E-state index contributed by atoms with van der Waals surface area (Å²) in [5.41, 5.74) is 2.95. The van der Waals surface area contributed by atoms with Crippen molar-refractivity contribution in [1.82, 2.24) is 9.79 Å². The van der Waals surface area contributed by atoms with Crippen molar-refractivity contribution in [3.8, 4) is 10.4 Å². The Kier molecular flexibility index (Phi) is 7.95. The molecule has 1 aromatic heterocycles. The number of benzene rings is 1. The number of nitrogens with zero attached hydrogens (tertiary/aromatic N) is 1. The molecule has 2 aliphatic heterocycles. The van der Waals surface area contributed by atoms with Crippen LogP contribution in [0.2, 0.25) is 0 Å². The van der Waals surface area contributed by atoms with Crippen molar-refractivity contribution < 1.29 is 27.5 Å². The van der Waals surface area contributed by atoms with E-state index < -0.39 is 20.7 Å². The van der Waals surface area contributed by atoms with Gasteiger partial charge in [0.2, 0.25) is 10.0 Å². The third-order valence-corrected chi connectivity index (χ3v) is 9.88. The van der Waals surface area contributed by atoms with Crippen LogP contribution in [-0.2, 0) is 19.6 Å². The molecular formula is C21H26ClFN2O5S2. The van der Waals surface area contributed by atoms with Crippen molar-refractivity contribution in [2.45, 2.75) is 36.3 Å². The molecule has 1 aromatic carbocycles. The highest BCUT2D eigenvalue weighted by Crippen LogP contribution is 2.38. The molecular weight excluding hydrogens is 479 g/mol. The first-order chi connectivity index (χ1) is 14.9. The first kappa shape index (κ1) is 25.1. The second kappa shape index (κ2) is 10.1. The SMILES string of the molecule is Cl.O=C(NO)C1(S(=O)(=O)N2CCC(c3ccc(-c4cccs4)c(F)c3)CC2)CCOCC1. The molecule has 0 saturated carbocycles. The van der Waals surface area contributed by atoms with E-state index in [0.717, 1.165) is 10.4 Å². The Morgan fingerprint density at radius 1 is 1.22 bits per heavy atom. The fraction of sp³-hybridized carbons (Fsp3) is 0.476. The largest absolute Gasteiger partial charge is 0.381 e. The fourth-order valence-electron chi connectivity index (χ4n) is 4.50. The summed E-state index contributed by atoms with van der Waals surface area (Å²) in [6, 6.07) is 8.99. The average molecular weight is 505 g/mol. The Morgan fingerprint density at radius 2 is 1.91 bits per heavy atom. The van der Waals surface area contributed by atoms with E-state index in [1.165, 1.54) is 21.1 Å². The number of hydroxylamine groups is 1. The number of piperidine rings is 1. The maximum absolute atomic E-state index is 14.7. The van der Waals surface area contributed by atoms with E-state index >= 15 is 0 Å². The second-order valence-electron chi connectivity index (χ2n) is 7.94. The lowest BCUT2D eigenvalue weighted by molar-refractivity contribution is -0.134. The molecule has 32 heavy (non-hydrogen) atoms. The highest BCUT2D eigenvalue weighted by molar-refractivity contribution is 7.91. The van der Waals surface area contributed by atoms with Crippen LogP contribution >= 0.6 is 23.7 Å². The molecule has 4 rings (SSSR count). The average Bonchev–Trinajstić information content (AvgIpc) is 3.33. The molecule has 11 heteroatoms. The van der Waals surface area contributed by atoms with Gasteiger partial charge in [0.05, 0.1) is 0 Å². The lowest BCUT2D eigenvalue weighted by atomic mass is 9.89. The standard InChI is InChI=1S/C21H25FN2O5S2.ClH/c22-18-14-16(3-4-17(18)19-2-1-13-30-19)15-5-9-24(10-6-15)31(27,28)21(20(25)23-26)7-11-29-12-8-21;/h1-4,13-15,26H,5-12H2,(H,23,25);1H. The van der Waals surface area contributed by atoms with E-state index in [2.05, 4.69) is 0 Å². The molecule has 0 bridgehead atoms. The number of hydrogen-bond acceptors (Lipinski definition) is 6. The predicted octanol–water partition coefficient (Wildman–Crippen LogP) is 3.54. The molecule has 7 nitrogen and oxygen atoms in total. The van der Waals surface area contributed by atoms with E-state index in [4.69, 9.17) is 9.94 Å². The van der Waals surface area contributed by atoms with Gasteiger partial charge in [0.1, 0.15) is 5.82 Å². The molecule has 2 aromatic rings. The summed E-state index contributed by atoms with van der Waals surface area (Å²) in [5.74, 6) is -1.16. The normalized spacial score (nSPS) is 19.8. The van der Waals surface area contributed by atoms with Crippen LogP contribution < -0.4 is 5.48 Å². The number of thiophene rings is 1. The van der Waals surface area contributed by atoms with Gasteiger partial charge in [0.15, 0.2) is 4.75 Å². The Bertz CT molecular complexity index is 1030. The van der Waals surface area contributed by atoms with E-state index in [-0.39, 0.29) is 63.3 Å². The van der Waals surface area contributed by atoms with Crippen molar-refractivity contribution in [3.63, 3.8) is 0 Å². The second-order valence-corrected chi connectivity index (χ2v) is 11.1. The molecule has 0 unspecified atom stereocenters. The minimum atomic E-state index is -4.00. The third-order valence-electron chi connectivity index (χ3n) is 6.35. The molecule has 1 amide bonds. The Morgan fingerprint density at radius 3 is 2.47 bits per heavy atom. The zero-order valence-electron chi connectivity index (χ0n) is 17.3. The van der Waals surface area contributed by atoms with Crippen molar-refractivity contribution in [1.29, 1.82) is 0 Å². The molecule has 2 saturated heterocycles. The van der Waals surface area contributed by atoms with E-state index in [9.17, 15) is 17.6 Å². The minimum absolute atomic E-state index is 0. The Labute approximate surface area is 197 Å². The van der Waals surface area contributed by atoms with Crippen LogP contribution in [0.4, 0.5) is 4.39 Å². The first-order valence-electron chi connectivity index (χ1n) is 10.2. The monoisotopic (exact) mass is 504 g/mol. The van der Waals surface area contributed by atoms with E-state index in [1.807, 2.05) is 23.6 Å². The summed E-state index contributed by atoms with van der Waals surface area (Å²) in [6.45, 7) is 0.753. The molecule has 0 radical (unpaired) electrons. The number of carbonyl (C=O) groups is 1. The van der Waals surface area contributed by atoms with E-state index in [1.54, 1.807) is 12.1 Å². The zero-order chi connectivity index (χ0) is 22.1. The molecule has 2 N–H and O–H groups in total. The molecule has 3 heterocycles. The highest BCUT2D eigenvalue weighted by atomic mass is 35.5. The van der Waals surface area contributed by atoms with Gasteiger partial charge in [0.25, 0.3) is 5.91 Å². The van der Waals surface area contributed by atoms with E-state index in [0.29, 0.717) is 18.4 Å². The lowest BCUT2D eigenvalue weighted by Crippen LogP contribution is -2.60. The molecule has 2 aliphatic rings. The topological polar surface area (TPSA) is 95.9 Å². The van der Waals surface area contributed by atoms with Gasteiger partial charge in [-0.25, -0.2) is 22.6 Å². The number of halogens is 2. The van der Waals surface area contributed by atoms with Crippen molar-refractivity contribution in [3.05, 3.63) is 47.1 Å². The Hall–Kier alpha value is -1.56. The van der Waals surface area contributed by atoms with Crippen LogP contribution in [0.25, 0.3) is 10.4 Å². The number of amides is 1. The number of hydrogen-bond donors (Lipinski definition) is 2. The van der Waals surface area contributed by atoms with Crippen LogP contribution in [0.1, 0.15) is 37.2 Å². The van der Waals surface area contributed by atoms with Gasteiger partial charge in [-0.3, -0.25) is 10.0 Å². The van der Waals surface area contributed by atoms with Crippen LogP contribution in [0.5, 0.6) is 0 Å². The summed E-state index contributed by atoms with van der Waals surface area (Å²) < 4.78 is 46.3. The van der Waals surface area contributed by atoms with Gasteiger partial charge < -0.3 is 4.74 Å². The Balaban J connectivity index is 0.00000289. The summed E-state index contributed by atoms with van der Waals surface area (Å²) in [7, 11) is -4.00. The van der Waals surface area contributed by atoms with Gasteiger partial charge >= 0.3 is 0 Å². The molecule has 2 fully saturated rings. The summed E-state index contributed by atoms with van der Waals surface area (Å²) >= 11 is 1.48. The first-order valence-corrected chi connectivity index (χ1v) is 12.6. The summed E-state index contributed by atoms with van der Waals surface area (Å²) in [6.07, 6.45) is 1.06. The highest BCUT2D eigenvalue weighted by Gasteiger charge is 2.54. The van der Waals surface area contributed by atoms with Crippen molar-refractivity contribution >= 4 is 39.7 Å². The zero-order valence-corrected chi connectivity index (χ0v) is 19.8. The van der Waals surface area contributed by atoms with Gasteiger partial charge in [-0.15, -0.1) is 23.7 Å². The smallest absolute Gasteiger partial charge is 0.266 e. The van der Waals surface area contributed by atoms with Crippen LogP contribution in [-0.4, -0.2) is 54.9 Å². The summed E-state index contributed by atoms with van der Waals surface area (Å²) in [4.78, 5) is 13.2. The lowest BCUT2D eigenvalue weighted by Gasteiger charge is -2.40. The summed E-state index contributed by atoms with van der Waals surface area (Å²) in [5, 5.41) is 11.1. The van der Waals surface area contributed by atoms with Crippen molar-refractivity contribution in [2.75, 3.05) is 26.3 Å². The maximum Gasteiger partial charge on any atom is 0.266 e. The van der Waals surface area contributed by atoms with Gasteiger partial charge in [-0.05, 0) is 41.8 Å². The number of carbonyl (C=O) groups excluding carboxylic acids is 1.